The number of carbonyl (C=O) groups is 1. The molecule has 1 fully saturated rings. The van der Waals surface area contributed by atoms with Gasteiger partial charge in [-0.15, -0.1) is 0 Å². The van der Waals surface area contributed by atoms with Crippen molar-refractivity contribution in [2.45, 2.75) is 58.3 Å². The molecule has 0 radical (unpaired) electrons. The van der Waals surface area contributed by atoms with Crippen LogP contribution in [-0.2, 0) is 9.53 Å². The van der Waals surface area contributed by atoms with Gasteiger partial charge in [0.25, 0.3) is 0 Å². The third-order valence-electron chi connectivity index (χ3n) is 7.41. The van der Waals surface area contributed by atoms with E-state index in [4.69, 9.17) is 4.74 Å². The van der Waals surface area contributed by atoms with Gasteiger partial charge in [-0.2, -0.15) is 0 Å². The predicted octanol–water partition coefficient (Wildman–Crippen LogP) is 2.76. The second-order valence-corrected chi connectivity index (χ2v) is 8.76. The van der Waals surface area contributed by atoms with Crippen molar-refractivity contribution in [2.24, 2.45) is 28.6 Å². The van der Waals surface area contributed by atoms with Crippen molar-refractivity contribution in [1.82, 2.24) is 0 Å². The summed E-state index contributed by atoms with van der Waals surface area (Å²) in [6, 6.07) is 0. The van der Waals surface area contributed by atoms with Crippen LogP contribution in [0.2, 0.25) is 0 Å². The van der Waals surface area contributed by atoms with Crippen LogP contribution in [0.25, 0.3) is 0 Å². The minimum Gasteiger partial charge on any atom is -0.458 e. The Morgan fingerprint density at radius 1 is 1.24 bits per heavy atom. The molecule has 8 atom stereocenters. The van der Waals surface area contributed by atoms with Crippen LogP contribution in [0.1, 0.15) is 40.0 Å². The Morgan fingerprint density at radius 2 is 2.00 bits per heavy atom. The number of ether oxygens (including phenoxy) is 1. The van der Waals surface area contributed by atoms with Gasteiger partial charge in [-0.1, -0.05) is 43.7 Å². The lowest BCUT2D eigenvalue weighted by atomic mass is 9.48. The maximum atomic E-state index is 11.7. The fourth-order valence-electron chi connectivity index (χ4n) is 5.94. The van der Waals surface area contributed by atoms with Crippen LogP contribution in [0.3, 0.4) is 0 Å². The van der Waals surface area contributed by atoms with Gasteiger partial charge in [0.1, 0.15) is 6.10 Å². The van der Waals surface area contributed by atoms with Crippen LogP contribution in [-0.4, -0.2) is 34.5 Å². The SMILES string of the molecule is CC(=O)OC1C=C2CC(O)C=C[C@]2(C)[C@@H]2CC[C@]3(C)C(O)C=C[C@H]3[C@H]12. The number of esters is 1. The topological polar surface area (TPSA) is 66.8 Å². The lowest BCUT2D eigenvalue weighted by Gasteiger charge is -2.57. The molecule has 0 aromatic heterocycles. The maximum absolute atomic E-state index is 11.7. The minimum atomic E-state index is -0.462. The summed E-state index contributed by atoms with van der Waals surface area (Å²) in [4.78, 5) is 11.7. The zero-order valence-corrected chi connectivity index (χ0v) is 15.2. The molecular weight excluding hydrogens is 316 g/mol. The van der Waals surface area contributed by atoms with Crippen LogP contribution in [0.5, 0.6) is 0 Å². The Balaban J connectivity index is 1.80. The molecule has 25 heavy (non-hydrogen) atoms. The first-order valence-electron chi connectivity index (χ1n) is 9.38. The van der Waals surface area contributed by atoms with Crippen molar-refractivity contribution in [3.63, 3.8) is 0 Å². The molecule has 0 heterocycles. The molecule has 0 aromatic carbocycles. The predicted molar refractivity (Wildman–Crippen MR) is 94.5 cm³/mol. The molecule has 4 nitrogen and oxygen atoms in total. The fourth-order valence-corrected chi connectivity index (χ4v) is 5.94. The first-order chi connectivity index (χ1) is 11.8. The van der Waals surface area contributed by atoms with Gasteiger partial charge < -0.3 is 14.9 Å². The highest BCUT2D eigenvalue weighted by molar-refractivity contribution is 5.66. The highest BCUT2D eigenvalue weighted by atomic mass is 16.5. The van der Waals surface area contributed by atoms with Gasteiger partial charge in [-0.25, -0.2) is 0 Å². The second kappa shape index (κ2) is 5.55. The molecule has 3 unspecified atom stereocenters. The largest absolute Gasteiger partial charge is 0.458 e. The normalized spacial score (nSPS) is 50.5. The number of hydrogen-bond acceptors (Lipinski definition) is 4. The highest BCUT2D eigenvalue weighted by Gasteiger charge is 2.59. The molecule has 0 aliphatic heterocycles. The van der Waals surface area contributed by atoms with Gasteiger partial charge >= 0.3 is 5.97 Å². The van der Waals surface area contributed by atoms with Crippen LogP contribution >= 0.6 is 0 Å². The van der Waals surface area contributed by atoms with Crippen LogP contribution in [0.15, 0.2) is 36.0 Å². The van der Waals surface area contributed by atoms with E-state index >= 15 is 0 Å². The first-order valence-corrected chi connectivity index (χ1v) is 9.38. The van der Waals surface area contributed by atoms with Crippen molar-refractivity contribution < 1.29 is 19.7 Å². The summed E-state index contributed by atoms with van der Waals surface area (Å²) in [5, 5.41) is 20.6. The van der Waals surface area contributed by atoms with Gasteiger partial charge in [-0.05, 0) is 37.2 Å². The number of hydrogen-bond donors (Lipinski definition) is 2. The van der Waals surface area contributed by atoms with E-state index in [0.29, 0.717) is 12.3 Å². The maximum Gasteiger partial charge on any atom is 0.303 e. The van der Waals surface area contributed by atoms with Crippen molar-refractivity contribution in [3.05, 3.63) is 36.0 Å². The molecule has 0 amide bonds. The van der Waals surface area contributed by atoms with E-state index in [1.165, 1.54) is 12.5 Å². The Bertz CT molecular complexity index is 677. The summed E-state index contributed by atoms with van der Waals surface area (Å²) in [5.41, 5.74) is 0.892. The van der Waals surface area contributed by atoms with Gasteiger partial charge in [0, 0.05) is 23.7 Å². The minimum absolute atomic E-state index is 0.108. The van der Waals surface area contributed by atoms with E-state index in [1.54, 1.807) is 0 Å². The van der Waals surface area contributed by atoms with E-state index in [0.717, 1.165) is 12.8 Å². The Labute approximate surface area is 149 Å². The lowest BCUT2D eigenvalue weighted by molar-refractivity contribution is -0.155. The molecule has 4 heteroatoms. The summed E-state index contributed by atoms with van der Waals surface area (Å²) in [6.07, 6.45) is 11.6. The van der Waals surface area contributed by atoms with Gasteiger partial charge in [0.05, 0.1) is 12.2 Å². The quantitative estimate of drug-likeness (QED) is 0.567. The summed E-state index contributed by atoms with van der Waals surface area (Å²) in [6.45, 7) is 5.87. The summed E-state index contributed by atoms with van der Waals surface area (Å²) in [7, 11) is 0. The highest BCUT2D eigenvalue weighted by Crippen LogP contribution is 2.62. The third-order valence-corrected chi connectivity index (χ3v) is 7.41. The molecule has 4 aliphatic carbocycles. The van der Waals surface area contributed by atoms with Crippen LogP contribution in [0, 0.1) is 28.6 Å². The molecule has 0 bridgehead atoms. The van der Waals surface area contributed by atoms with Crippen LogP contribution in [0.4, 0.5) is 0 Å². The lowest BCUT2D eigenvalue weighted by Crippen LogP contribution is -2.55. The Morgan fingerprint density at radius 3 is 2.72 bits per heavy atom. The number of fused-ring (bicyclic) bond motifs is 5. The number of aliphatic hydroxyl groups is 2. The fraction of sp³-hybridized carbons (Fsp3) is 0.667. The molecule has 136 valence electrons. The standard InChI is InChI=1S/C21H28O4/c1-12(22)25-17-11-13-10-14(23)6-8-20(13,2)16-7-9-21(3)15(19(16)17)4-5-18(21)24/h4-6,8,11,14-19,23-24H,7,9-10H2,1-3H3/t14?,15-,16+,17?,18?,19-,20-,21-/m0/s1. The zero-order valence-electron chi connectivity index (χ0n) is 15.2. The molecule has 0 aromatic rings. The monoisotopic (exact) mass is 344 g/mol. The number of allylic oxidation sites excluding steroid dienone is 2. The molecular formula is C21H28O4. The van der Waals surface area contributed by atoms with Crippen molar-refractivity contribution >= 4 is 5.97 Å². The smallest absolute Gasteiger partial charge is 0.303 e. The average Bonchev–Trinajstić information content (AvgIpc) is 2.84. The van der Waals surface area contributed by atoms with Gasteiger partial charge in [-0.3, -0.25) is 4.79 Å². The molecule has 0 spiro atoms. The number of carbonyl (C=O) groups excluding carboxylic acids is 1. The van der Waals surface area contributed by atoms with E-state index in [2.05, 4.69) is 32.1 Å². The first kappa shape index (κ1) is 17.0. The molecule has 0 saturated heterocycles. The van der Waals surface area contributed by atoms with E-state index in [1.807, 2.05) is 12.2 Å². The van der Waals surface area contributed by atoms with Gasteiger partial charge in [0.2, 0.25) is 0 Å². The zero-order chi connectivity index (χ0) is 18.0. The molecule has 1 saturated carbocycles. The molecule has 2 N–H and O–H groups in total. The second-order valence-electron chi connectivity index (χ2n) is 8.76. The number of aliphatic hydroxyl groups excluding tert-OH is 2. The van der Waals surface area contributed by atoms with Gasteiger partial charge in [0.15, 0.2) is 0 Å². The average molecular weight is 344 g/mol. The van der Waals surface area contributed by atoms with E-state index < -0.39 is 12.2 Å². The van der Waals surface area contributed by atoms with Crippen molar-refractivity contribution in [3.8, 4) is 0 Å². The van der Waals surface area contributed by atoms with Crippen LogP contribution < -0.4 is 0 Å². The Hall–Kier alpha value is -1.39. The van der Waals surface area contributed by atoms with E-state index in [-0.39, 0.29) is 34.7 Å². The molecule has 4 rings (SSSR count). The molecule has 4 aliphatic rings. The van der Waals surface area contributed by atoms with E-state index in [9.17, 15) is 15.0 Å². The summed E-state index contributed by atoms with van der Waals surface area (Å²) < 4.78 is 5.74. The van der Waals surface area contributed by atoms with Crippen molar-refractivity contribution in [1.29, 1.82) is 0 Å². The summed E-state index contributed by atoms with van der Waals surface area (Å²) >= 11 is 0. The number of rotatable bonds is 1. The Kier molecular flexibility index (Phi) is 3.79. The summed E-state index contributed by atoms with van der Waals surface area (Å²) in [5.74, 6) is 0.421. The third kappa shape index (κ3) is 2.37. The van der Waals surface area contributed by atoms with Crippen molar-refractivity contribution in [2.75, 3.05) is 0 Å².